The van der Waals surface area contributed by atoms with E-state index in [0.717, 1.165) is 43.3 Å². The summed E-state index contributed by atoms with van der Waals surface area (Å²) in [7, 11) is 0. The van der Waals surface area contributed by atoms with Crippen LogP contribution in [0.5, 0.6) is 0 Å². The van der Waals surface area contributed by atoms with Crippen LogP contribution in [0.25, 0.3) is 0 Å². The predicted octanol–water partition coefficient (Wildman–Crippen LogP) is 1.86. The Kier molecular flexibility index (Phi) is 4.54. The molecule has 0 unspecified atom stereocenters. The van der Waals surface area contributed by atoms with Gasteiger partial charge >= 0.3 is 0 Å². The van der Waals surface area contributed by atoms with Gasteiger partial charge in [0, 0.05) is 24.4 Å². The number of carbonyl (C=O) groups is 1. The highest BCUT2D eigenvalue weighted by Crippen LogP contribution is 2.21. The van der Waals surface area contributed by atoms with Gasteiger partial charge in [-0.2, -0.15) is 0 Å². The summed E-state index contributed by atoms with van der Waals surface area (Å²) in [5.74, 6) is 1.25. The Morgan fingerprint density at radius 1 is 1.39 bits per heavy atom. The Labute approximate surface area is 114 Å². The second kappa shape index (κ2) is 5.95. The van der Waals surface area contributed by atoms with Crippen LogP contribution in [0.2, 0.25) is 0 Å². The van der Waals surface area contributed by atoms with Crippen LogP contribution in [-0.2, 0) is 4.79 Å². The van der Waals surface area contributed by atoms with E-state index in [-0.39, 0.29) is 11.4 Å². The molecule has 2 fully saturated rings. The number of aliphatic imine (C=N–C) groups is 1. The summed E-state index contributed by atoms with van der Waals surface area (Å²) in [4.78, 5) is 18.4. The van der Waals surface area contributed by atoms with E-state index in [1.165, 1.54) is 6.42 Å². The molecule has 0 radical (unpaired) electrons. The van der Waals surface area contributed by atoms with Gasteiger partial charge in [0.2, 0.25) is 5.91 Å². The molecule has 2 aliphatic rings. The lowest BCUT2D eigenvalue weighted by atomic mass is 10.0. The summed E-state index contributed by atoms with van der Waals surface area (Å²) in [5, 5.41) is 4.32. The topological polar surface area (TPSA) is 44.7 Å². The first kappa shape index (κ1) is 13.7. The number of amidine groups is 1. The van der Waals surface area contributed by atoms with E-state index in [1.54, 1.807) is 11.8 Å². The first-order chi connectivity index (χ1) is 8.57. The number of nitrogens with one attached hydrogen (secondary N) is 1. The molecule has 0 atom stereocenters. The van der Waals surface area contributed by atoms with Crippen molar-refractivity contribution in [3.63, 3.8) is 0 Å². The van der Waals surface area contributed by atoms with E-state index in [1.807, 2.05) is 4.90 Å². The lowest BCUT2D eigenvalue weighted by molar-refractivity contribution is -0.130. The molecule has 5 heteroatoms. The molecule has 2 heterocycles. The summed E-state index contributed by atoms with van der Waals surface area (Å²) < 4.78 is 0. The molecule has 18 heavy (non-hydrogen) atoms. The van der Waals surface area contributed by atoms with Crippen LogP contribution in [-0.4, -0.2) is 46.9 Å². The fourth-order valence-corrected chi connectivity index (χ4v) is 3.57. The van der Waals surface area contributed by atoms with Gasteiger partial charge in [0.25, 0.3) is 0 Å². The molecule has 1 N–H and O–H groups in total. The summed E-state index contributed by atoms with van der Waals surface area (Å²) in [6, 6.07) is 0. The highest BCUT2D eigenvalue weighted by molar-refractivity contribution is 8.13. The van der Waals surface area contributed by atoms with Crippen molar-refractivity contribution in [1.82, 2.24) is 10.2 Å². The second-order valence-corrected chi connectivity index (χ2v) is 6.75. The van der Waals surface area contributed by atoms with E-state index in [2.05, 4.69) is 24.2 Å². The summed E-state index contributed by atoms with van der Waals surface area (Å²) in [6.07, 6.45) is 4.67. The highest BCUT2D eigenvalue weighted by atomic mass is 32.2. The van der Waals surface area contributed by atoms with Gasteiger partial charge in [0.1, 0.15) is 6.54 Å². The summed E-state index contributed by atoms with van der Waals surface area (Å²) in [5.41, 5.74) is 0.109. The first-order valence-electron chi connectivity index (χ1n) is 6.80. The third-order valence-electron chi connectivity index (χ3n) is 3.48. The molecule has 0 aromatic heterocycles. The number of rotatable bonds is 2. The standard InChI is InChI=1S/C13H23N3OS/c1-13(2)6-9-18-12(15-13)14-10-11(17)16-7-4-3-5-8-16/h3-10H2,1-2H3,(H,14,15). The molecule has 4 nitrogen and oxygen atoms in total. The molecule has 0 bridgehead atoms. The second-order valence-electron chi connectivity index (χ2n) is 5.67. The number of thioether (sulfide) groups is 1. The van der Waals surface area contributed by atoms with Gasteiger partial charge in [-0.15, -0.1) is 0 Å². The van der Waals surface area contributed by atoms with E-state index >= 15 is 0 Å². The zero-order chi connectivity index (χ0) is 13.0. The molecule has 2 aliphatic heterocycles. The van der Waals surface area contributed by atoms with Crippen molar-refractivity contribution >= 4 is 22.8 Å². The fourth-order valence-electron chi connectivity index (χ4n) is 2.26. The lowest BCUT2D eigenvalue weighted by Crippen LogP contribution is -2.46. The highest BCUT2D eigenvalue weighted by Gasteiger charge is 2.24. The van der Waals surface area contributed by atoms with Gasteiger partial charge in [-0.05, 0) is 39.5 Å². The molecule has 2 rings (SSSR count). The van der Waals surface area contributed by atoms with Crippen molar-refractivity contribution < 1.29 is 4.79 Å². The SMILES string of the molecule is CC1(C)CCSC(=NCC(=O)N2CCCCC2)N1. The van der Waals surface area contributed by atoms with Crippen molar-refractivity contribution in [2.75, 3.05) is 25.4 Å². The zero-order valence-corrected chi connectivity index (χ0v) is 12.2. The molecule has 0 aromatic carbocycles. The maximum atomic E-state index is 12.0. The molecular weight excluding hydrogens is 246 g/mol. The Balaban J connectivity index is 1.83. The van der Waals surface area contributed by atoms with Crippen LogP contribution in [0.3, 0.4) is 0 Å². The molecule has 0 aliphatic carbocycles. The van der Waals surface area contributed by atoms with Gasteiger partial charge in [0.15, 0.2) is 5.17 Å². The maximum Gasteiger partial charge on any atom is 0.244 e. The van der Waals surface area contributed by atoms with Gasteiger partial charge in [-0.25, -0.2) is 0 Å². The van der Waals surface area contributed by atoms with Crippen LogP contribution in [0.15, 0.2) is 4.99 Å². The minimum atomic E-state index is 0.109. The predicted molar refractivity (Wildman–Crippen MR) is 77.0 cm³/mol. The van der Waals surface area contributed by atoms with E-state index in [0.29, 0.717) is 6.54 Å². The Hall–Kier alpha value is -0.710. The normalized spacial score (nSPS) is 25.9. The van der Waals surface area contributed by atoms with Crippen molar-refractivity contribution in [2.45, 2.75) is 45.1 Å². The average molecular weight is 269 g/mol. The van der Waals surface area contributed by atoms with Crippen molar-refractivity contribution in [3.8, 4) is 0 Å². The maximum absolute atomic E-state index is 12.0. The molecular formula is C13H23N3OS. The van der Waals surface area contributed by atoms with Gasteiger partial charge in [-0.3, -0.25) is 9.79 Å². The number of piperidine rings is 1. The minimum Gasteiger partial charge on any atom is -0.360 e. The van der Waals surface area contributed by atoms with Crippen LogP contribution < -0.4 is 5.32 Å². The number of carbonyl (C=O) groups excluding carboxylic acids is 1. The van der Waals surface area contributed by atoms with Gasteiger partial charge in [-0.1, -0.05) is 11.8 Å². The monoisotopic (exact) mass is 269 g/mol. The van der Waals surface area contributed by atoms with Crippen molar-refractivity contribution in [1.29, 1.82) is 0 Å². The van der Waals surface area contributed by atoms with E-state index in [9.17, 15) is 4.79 Å². The molecule has 102 valence electrons. The molecule has 0 spiro atoms. The summed E-state index contributed by atoms with van der Waals surface area (Å²) in [6.45, 7) is 6.47. The Morgan fingerprint density at radius 2 is 2.11 bits per heavy atom. The van der Waals surface area contributed by atoms with E-state index in [4.69, 9.17) is 0 Å². The van der Waals surface area contributed by atoms with Crippen molar-refractivity contribution in [3.05, 3.63) is 0 Å². The quantitative estimate of drug-likeness (QED) is 0.832. The van der Waals surface area contributed by atoms with Gasteiger partial charge < -0.3 is 10.2 Å². The number of hydrogen-bond donors (Lipinski definition) is 1. The van der Waals surface area contributed by atoms with Crippen LogP contribution in [0, 0.1) is 0 Å². The zero-order valence-electron chi connectivity index (χ0n) is 11.4. The molecule has 1 amide bonds. The first-order valence-corrected chi connectivity index (χ1v) is 7.79. The van der Waals surface area contributed by atoms with Crippen LogP contribution in [0.4, 0.5) is 0 Å². The lowest BCUT2D eigenvalue weighted by Gasteiger charge is -2.32. The fraction of sp³-hybridized carbons (Fsp3) is 0.846. The molecule has 2 saturated heterocycles. The minimum absolute atomic E-state index is 0.109. The smallest absolute Gasteiger partial charge is 0.244 e. The van der Waals surface area contributed by atoms with Crippen LogP contribution >= 0.6 is 11.8 Å². The Morgan fingerprint density at radius 3 is 2.78 bits per heavy atom. The average Bonchev–Trinajstić information content (AvgIpc) is 2.36. The number of likely N-dealkylation sites (tertiary alicyclic amines) is 1. The third kappa shape index (κ3) is 3.90. The molecule has 0 saturated carbocycles. The number of nitrogens with zero attached hydrogens (tertiary/aromatic N) is 2. The van der Waals surface area contributed by atoms with Gasteiger partial charge in [0.05, 0.1) is 0 Å². The number of hydrogen-bond acceptors (Lipinski definition) is 3. The third-order valence-corrected chi connectivity index (χ3v) is 4.39. The van der Waals surface area contributed by atoms with Crippen molar-refractivity contribution in [2.24, 2.45) is 4.99 Å². The largest absolute Gasteiger partial charge is 0.360 e. The summed E-state index contributed by atoms with van der Waals surface area (Å²) >= 11 is 1.72. The number of amides is 1. The van der Waals surface area contributed by atoms with Crippen LogP contribution in [0.1, 0.15) is 39.5 Å². The molecule has 0 aromatic rings. The van der Waals surface area contributed by atoms with E-state index < -0.39 is 0 Å². The Bertz CT molecular complexity index is 335.